The third kappa shape index (κ3) is 7.31. The number of hydrogen-bond acceptors (Lipinski definition) is 8. The normalized spacial score (nSPS) is 10.4. The van der Waals surface area contributed by atoms with E-state index in [2.05, 4.69) is 27.1 Å². The van der Waals surface area contributed by atoms with Crippen molar-refractivity contribution >= 4 is 28.0 Å². The Hall–Kier alpha value is -3.59. The highest BCUT2D eigenvalue weighted by molar-refractivity contribution is 7.17. The highest BCUT2D eigenvalue weighted by Gasteiger charge is 2.14. The Morgan fingerprint density at radius 3 is 2.32 bits per heavy atom. The molecule has 3 aromatic rings. The number of thiazole rings is 1. The second-order valence-electron chi connectivity index (χ2n) is 6.51. The maximum atomic E-state index is 12.9. The van der Waals surface area contributed by atoms with E-state index >= 15 is 0 Å². The number of ether oxygens (including phenoxy) is 1. The van der Waals surface area contributed by atoms with Crippen molar-refractivity contribution in [3.05, 3.63) is 76.8 Å². The van der Waals surface area contributed by atoms with Gasteiger partial charge in [-0.05, 0) is 74.0 Å². The highest BCUT2D eigenvalue weighted by Crippen LogP contribution is 2.30. The van der Waals surface area contributed by atoms with E-state index in [9.17, 15) is 14.3 Å². The third-order valence-electron chi connectivity index (χ3n) is 3.86. The lowest BCUT2D eigenvalue weighted by Crippen LogP contribution is -2.07. The van der Waals surface area contributed by atoms with Gasteiger partial charge in [-0.15, -0.1) is 10.2 Å². The third-order valence-corrected chi connectivity index (χ3v) is 4.72. The summed E-state index contributed by atoms with van der Waals surface area (Å²) in [5.41, 5.74) is 2.99. The number of azo groups is 1. The molecule has 3 rings (SSSR count). The molecule has 1 aromatic heterocycles. The molecule has 0 radical (unpaired) electrons. The molecule has 0 saturated carbocycles. The first kappa shape index (κ1) is 23.7. The summed E-state index contributed by atoms with van der Waals surface area (Å²) in [6, 6.07) is 8.53. The second-order valence-corrected chi connectivity index (χ2v) is 7.51. The van der Waals surface area contributed by atoms with Crippen molar-refractivity contribution in [3.8, 4) is 11.5 Å². The molecule has 0 bridgehead atoms. The lowest BCUT2D eigenvalue weighted by molar-refractivity contribution is 0.0734. The number of allylic oxidation sites excluding steroid dienone is 1. The van der Waals surface area contributed by atoms with Gasteiger partial charge in [0.15, 0.2) is 5.00 Å². The molecule has 0 spiro atoms. The van der Waals surface area contributed by atoms with Gasteiger partial charge in [0.05, 0.1) is 11.9 Å². The molecular formula is C22H23FN4O3S. The van der Waals surface area contributed by atoms with Crippen molar-refractivity contribution in [2.75, 3.05) is 7.05 Å². The summed E-state index contributed by atoms with van der Waals surface area (Å²) in [5.74, 6) is -0.613. The van der Waals surface area contributed by atoms with Crippen molar-refractivity contribution in [1.82, 2.24) is 10.3 Å². The molecule has 31 heavy (non-hydrogen) atoms. The molecule has 162 valence electrons. The zero-order chi connectivity index (χ0) is 23.0. The van der Waals surface area contributed by atoms with Crippen molar-refractivity contribution < 1.29 is 19.0 Å². The lowest BCUT2D eigenvalue weighted by Gasteiger charge is -2.03. The van der Waals surface area contributed by atoms with Gasteiger partial charge in [-0.1, -0.05) is 17.9 Å². The van der Waals surface area contributed by atoms with E-state index in [1.54, 1.807) is 26.0 Å². The summed E-state index contributed by atoms with van der Waals surface area (Å²) in [7, 11) is 1.85. The molecule has 0 atom stereocenters. The largest absolute Gasteiger partial charge is 0.507 e. The van der Waals surface area contributed by atoms with Crippen LogP contribution in [0, 0.1) is 19.7 Å². The topological polar surface area (TPSA) is 96.2 Å². The Morgan fingerprint density at radius 2 is 1.77 bits per heavy atom. The molecule has 9 heteroatoms. The summed E-state index contributed by atoms with van der Waals surface area (Å²) in [4.78, 5) is 16.0. The molecule has 0 fully saturated rings. The Balaban J connectivity index is 0.000000614. The van der Waals surface area contributed by atoms with Crippen LogP contribution in [0.25, 0.3) is 0 Å². The molecule has 0 aliphatic rings. The molecule has 0 aliphatic carbocycles. The minimum absolute atomic E-state index is 0.112. The minimum Gasteiger partial charge on any atom is -0.507 e. The van der Waals surface area contributed by atoms with E-state index in [0.29, 0.717) is 21.8 Å². The Kier molecular flexibility index (Phi) is 8.39. The first-order valence-electron chi connectivity index (χ1n) is 9.18. The predicted molar refractivity (Wildman–Crippen MR) is 119 cm³/mol. The quantitative estimate of drug-likeness (QED) is 0.288. The van der Waals surface area contributed by atoms with Crippen LogP contribution in [-0.2, 0) is 0 Å². The molecule has 0 saturated heterocycles. The average molecular weight is 443 g/mol. The number of nitrogens with one attached hydrogen (secondary N) is 1. The lowest BCUT2D eigenvalue weighted by atomic mass is 10.1. The molecule has 7 nitrogen and oxygen atoms in total. The van der Waals surface area contributed by atoms with Gasteiger partial charge in [-0.25, -0.2) is 14.2 Å². The number of aryl methyl sites for hydroxylation is 2. The minimum atomic E-state index is -0.653. The molecule has 0 aliphatic heterocycles. The number of benzene rings is 2. The molecule has 0 amide bonds. The van der Waals surface area contributed by atoms with E-state index in [1.165, 1.54) is 30.5 Å². The first-order chi connectivity index (χ1) is 14.7. The monoisotopic (exact) mass is 442 g/mol. The number of carbonyl (C=O) groups is 1. The van der Waals surface area contributed by atoms with Gasteiger partial charge in [0.1, 0.15) is 17.3 Å². The van der Waals surface area contributed by atoms with Crippen LogP contribution in [0.4, 0.5) is 15.1 Å². The fourth-order valence-electron chi connectivity index (χ4n) is 2.16. The Labute approximate surface area is 184 Å². The Morgan fingerprint density at radius 1 is 1.19 bits per heavy atom. The Bertz CT molecular complexity index is 1070. The number of phenols is 1. The number of esters is 1. The van der Waals surface area contributed by atoms with Crippen molar-refractivity contribution in [2.45, 2.75) is 20.8 Å². The standard InChI is InChI=1S/C18H14FN3O3S.C4H9N/c1-10-7-13(8-11(2)16(10)23)21-22-15-9-20-17(26-15)18(24)25-14-5-3-12(19)4-6-14;1-4(2)5-3/h3-9,23H,1-2H3;5H,1H2,2-3H3. The molecule has 2 N–H and O–H groups in total. The smallest absolute Gasteiger partial charge is 0.372 e. The van der Waals surface area contributed by atoms with Crippen LogP contribution >= 0.6 is 11.3 Å². The van der Waals surface area contributed by atoms with Crippen LogP contribution in [-0.4, -0.2) is 23.1 Å². The van der Waals surface area contributed by atoms with Crippen molar-refractivity contribution in [2.24, 2.45) is 10.2 Å². The maximum absolute atomic E-state index is 12.9. The highest BCUT2D eigenvalue weighted by atomic mass is 32.1. The number of hydrogen-bond donors (Lipinski definition) is 2. The van der Waals surface area contributed by atoms with Gasteiger partial charge in [0.25, 0.3) is 0 Å². The fourth-order valence-corrected chi connectivity index (χ4v) is 2.77. The van der Waals surface area contributed by atoms with E-state index in [1.807, 2.05) is 14.0 Å². The molecule has 0 unspecified atom stereocenters. The van der Waals surface area contributed by atoms with Gasteiger partial charge < -0.3 is 15.2 Å². The van der Waals surface area contributed by atoms with Gasteiger partial charge in [0, 0.05) is 7.05 Å². The molecule has 2 aromatic carbocycles. The first-order valence-corrected chi connectivity index (χ1v) is 10.00. The van der Waals surface area contributed by atoms with Crippen molar-refractivity contribution in [1.29, 1.82) is 0 Å². The van der Waals surface area contributed by atoms with Crippen LogP contribution in [0.15, 0.2) is 65.1 Å². The summed E-state index contributed by atoms with van der Waals surface area (Å²) < 4.78 is 18.0. The number of rotatable bonds is 5. The zero-order valence-electron chi connectivity index (χ0n) is 17.6. The fraction of sp³-hybridized carbons (Fsp3) is 0.182. The van der Waals surface area contributed by atoms with E-state index in [-0.39, 0.29) is 16.5 Å². The summed E-state index contributed by atoms with van der Waals surface area (Å²) >= 11 is 1.02. The van der Waals surface area contributed by atoms with Crippen molar-refractivity contribution in [3.63, 3.8) is 0 Å². The van der Waals surface area contributed by atoms with Gasteiger partial charge in [-0.2, -0.15) is 0 Å². The van der Waals surface area contributed by atoms with Crippen LogP contribution in [0.2, 0.25) is 0 Å². The summed E-state index contributed by atoms with van der Waals surface area (Å²) in [5, 5.41) is 21.3. The second kappa shape index (κ2) is 11.0. The van der Waals surface area contributed by atoms with E-state index < -0.39 is 11.8 Å². The van der Waals surface area contributed by atoms with E-state index in [0.717, 1.165) is 17.0 Å². The SMILES string of the molecule is C=C(C)NC.Cc1cc(N=Nc2cnc(C(=O)Oc3ccc(F)cc3)s2)cc(C)c1O. The number of carbonyl (C=O) groups excluding carboxylic acids is 1. The number of phenolic OH excluding ortho intramolecular Hbond substituents is 1. The van der Waals surface area contributed by atoms with Gasteiger partial charge >= 0.3 is 5.97 Å². The zero-order valence-corrected chi connectivity index (χ0v) is 18.5. The number of aromatic hydroxyl groups is 1. The number of nitrogens with zero attached hydrogens (tertiary/aromatic N) is 3. The summed E-state index contributed by atoms with van der Waals surface area (Å²) in [6.07, 6.45) is 1.41. The predicted octanol–water partition coefficient (Wildman–Crippen LogP) is 5.98. The van der Waals surface area contributed by atoms with Crippen LogP contribution in [0.3, 0.4) is 0 Å². The van der Waals surface area contributed by atoms with Crippen LogP contribution < -0.4 is 10.1 Å². The molecular weight excluding hydrogens is 419 g/mol. The average Bonchev–Trinajstić information content (AvgIpc) is 3.21. The van der Waals surface area contributed by atoms with Crippen LogP contribution in [0.5, 0.6) is 11.5 Å². The van der Waals surface area contributed by atoms with Gasteiger partial charge in [-0.3, -0.25) is 0 Å². The van der Waals surface area contributed by atoms with E-state index in [4.69, 9.17) is 4.74 Å². The van der Waals surface area contributed by atoms with Crippen LogP contribution in [0.1, 0.15) is 27.9 Å². The number of halogens is 1. The summed E-state index contributed by atoms with van der Waals surface area (Å²) in [6.45, 7) is 9.03. The van der Waals surface area contributed by atoms with Gasteiger partial charge in [0.2, 0.25) is 5.01 Å². The maximum Gasteiger partial charge on any atom is 0.372 e. The number of aromatic nitrogens is 1. The molecule has 1 heterocycles.